The van der Waals surface area contributed by atoms with E-state index in [0.717, 1.165) is 0 Å². The predicted octanol–water partition coefficient (Wildman–Crippen LogP) is 1.65. The standard InChI is InChI=1S/C13H26N2O4/c1-6-14(11(4)9-12(16)17)13(18)15(10(2)3)7-8-19-5/h10-11H,6-9H2,1-5H3,(H,16,17). The maximum Gasteiger partial charge on any atom is 0.320 e. The average molecular weight is 274 g/mol. The Morgan fingerprint density at radius 3 is 2.16 bits per heavy atom. The average Bonchev–Trinajstić information content (AvgIpc) is 2.28. The summed E-state index contributed by atoms with van der Waals surface area (Å²) in [6, 6.07) is -0.407. The van der Waals surface area contributed by atoms with Gasteiger partial charge in [-0.15, -0.1) is 0 Å². The van der Waals surface area contributed by atoms with Crippen molar-refractivity contribution < 1.29 is 19.4 Å². The zero-order valence-electron chi connectivity index (χ0n) is 12.5. The fraction of sp³-hybridized carbons (Fsp3) is 0.846. The van der Waals surface area contributed by atoms with E-state index in [1.165, 1.54) is 0 Å². The number of urea groups is 1. The third kappa shape index (κ3) is 5.92. The number of aliphatic carboxylic acids is 1. The first-order valence-electron chi connectivity index (χ1n) is 6.63. The van der Waals surface area contributed by atoms with E-state index in [2.05, 4.69) is 0 Å². The van der Waals surface area contributed by atoms with Gasteiger partial charge in [0.15, 0.2) is 0 Å². The molecular formula is C13H26N2O4. The molecule has 0 heterocycles. The Kier molecular flexibility index (Phi) is 8.14. The lowest BCUT2D eigenvalue weighted by Gasteiger charge is -2.35. The van der Waals surface area contributed by atoms with Crippen molar-refractivity contribution in [1.29, 1.82) is 0 Å². The molecule has 0 aromatic heterocycles. The summed E-state index contributed by atoms with van der Waals surface area (Å²) < 4.78 is 5.00. The topological polar surface area (TPSA) is 70.1 Å². The summed E-state index contributed by atoms with van der Waals surface area (Å²) >= 11 is 0. The summed E-state index contributed by atoms with van der Waals surface area (Å²) in [5.74, 6) is -0.897. The second-order valence-corrected chi connectivity index (χ2v) is 4.80. The van der Waals surface area contributed by atoms with Crippen LogP contribution < -0.4 is 0 Å². The minimum atomic E-state index is -0.897. The molecule has 0 fully saturated rings. The van der Waals surface area contributed by atoms with Gasteiger partial charge in [0.1, 0.15) is 0 Å². The molecule has 0 saturated carbocycles. The molecule has 0 saturated heterocycles. The van der Waals surface area contributed by atoms with Gasteiger partial charge in [-0.1, -0.05) is 0 Å². The van der Waals surface area contributed by atoms with E-state index in [-0.39, 0.29) is 24.5 Å². The highest BCUT2D eigenvalue weighted by Crippen LogP contribution is 2.10. The summed E-state index contributed by atoms with van der Waals surface area (Å²) in [5.41, 5.74) is 0. The summed E-state index contributed by atoms with van der Waals surface area (Å²) in [5, 5.41) is 8.83. The SMILES string of the molecule is CCN(C(=O)N(CCOC)C(C)C)C(C)CC(=O)O. The number of carboxylic acid groups (broad SMARTS) is 1. The van der Waals surface area contributed by atoms with Gasteiger partial charge >= 0.3 is 12.0 Å². The van der Waals surface area contributed by atoms with Crippen LogP contribution in [0.5, 0.6) is 0 Å². The lowest BCUT2D eigenvalue weighted by molar-refractivity contribution is -0.138. The Morgan fingerprint density at radius 1 is 1.21 bits per heavy atom. The van der Waals surface area contributed by atoms with Crippen LogP contribution in [0, 0.1) is 0 Å². The Bertz CT molecular complexity index is 294. The van der Waals surface area contributed by atoms with Crippen LogP contribution in [0.1, 0.15) is 34.1 Å². The minimum Gasteiger partial charge on any atom is -0.481 e. The molecule has 1 atom stereocenters. The van der Waals surface area contributed by atoms with Gasteiger partial charge in [-0.3, -0.25) is 4.79 Å². The van der Waals surface area contributed by atoms with Crippen molar-refractivity contribution >= 4 is 12.0 Å². The highest BCUT2D eigenvalue weighted by Gasteiger charge is 2.26. The number of methoxy groups -OCH3 is 1. The lowest BCUT2D eigenvalue weighted by atomic mass is 10.2. The van der Waals surface area contributed by atoms with Crippen molar-refractivity contribution in [3.63, 3.8) is 0 Å². The maximum atomic E-state index is 12.4. The molecule has 0 aliphatic carbocycles. The van der Waals surface area contributed by atoms with Gasteiger partial charge in [0.25, 0.3) is 0 Å². The van der Waals surface area contributed by atoms with Crippen molar-refractivity contribution in [1.82, 2.24) is 9.80 Å². The summed E-state index contributed by atoms with van der Waals surface area (Å²) in [7, 11) is 1.59. The molecule has 112 valence electrons. The second kappa shape index (κ2) is 8.74. The predicted molar refractivity (Wildman–Crippen MR) is 73.2 cm³/mol. The Labute approximate surface area is 115 Å². The number of rotatable bonds is 8. The number of carbonyl (C=O) groups excluding carboxylic acids is 1. The van der Waals surface area contributed by atoms with E-state index in [1.807, 2.05) is 20.8 Å². The first-order chi connectivity index (χ1) is 8.84. The van der Waals surface area contributed by atoms with E-state index >= 15 is 0 Å². The van der Waals surface area contributed by atoms with Gasteiger partial charge in [-0.05, 0) is 27.7 Å². The Hall–Kier alpha value is -1.30. The number of ether oxygens (including phenoxy) is 1. The van der Waals surface area contributed by atoms with Gasteiger partial charge in [0.05, 0.1) is 13.0 Å². The molecule has 0 aromatic rings. The zero-order chi connectivity index (χ0) is 15.0. The van der Waals surface area contributed by atoms with Crippen LogP contribution in [0.25, 0.3) is 0 Å². The van der Waals surface area contributed by atoms with Gasteiger partial charge in [-0.25, -0.2) is 4.79 Å². The molecule has 0 aromatic carbocycles. The highest BCUT2D eigenvalue weighted by molar-refractivity contribution is 5.76. The summed E-state index contributed by atoms with van der Waals surface area (Å²) in [6.07, 6.45) is -0.0458. The number of amides is 2. The normalized spacial score (nSPS) is 12.3. The largest absolute Gasteiger partial charge is 0.481 e. The van der Waals surface area contributed by atoms with Crippen molar-refractivity contribution in [2.45, 2.75) is 46.2 Å². The molecule has 2 amide bonds. The zero-order valence-corrected chi connectivity index (χ0v) is 12.5. The quantitative estimate of drug-likeness (QED) is 0.730. The van der Waals surface area contributed by atoms with E-state index < -0.39 is 5.97 Å². The van der Waals surface area contributed by atoms with E-state index in [1.54, 1.807) is 23.8 Å². The third-order valence-electron chi connectivity index (χ3n) is 2.99. The van der Waals surface area contributed by atoms with Gasteiger partial charge < -0.3 is 19.6 Å². The molecule has 19 heavy (non-hydrogen) atoms. The summed E-state index contributed by atoms with van der Waals surface area (Å²) in [4.78, 5) is 26.5. The first-order valence-corrected chi connectivity index (χ1v) is 6.63. The van der Waals surface area contributed by atoms with Gasteiger partial charge in [-0.2, -0.15) is 0 Å². The fourth-order valence-electron chi connectivity index (χ4n) is 1.93. The van der Waals surface area contributed by atoms with Crippen LogP contribution in [0.4, 0.5) is 4.79 Å². The second-order valence-electron chi connectivity index (χ2n) is 4.80. The molecule has 0 bridgehead atoms. The lowest BCUT2D eigenvalue weighted by Crippen LogP contribution is -2.51. The Balaban J connectivity index is 4.80. The molecular weight excluding hydrogens is 248 g/mol. The molecule has 0 aliphatic rings. The number of carboxylic acids is 1. The van der Waals surface area contributed by atoms with E-state index in [9.17, 15) is 9.59 Å². The molecule has 1 N–H and O–H groups in total. The fourth-order valence-corrected chi connectivity index (χ4v) is 1.93. The molecule has 0 radical (unpaired) electrons. The van der Waals surface area contributed by atoms with Crippen LogP contribution in [0.3, 0.4) is 0 Å². The van der Waals surface area contributed by atoms with Crippen LogP contribution >= 0.6 is 0 Å². The van der Waals surface area contributed by atoms with Crippen LogP contribution in [0.2, 0.25) is 0 Å². The number of carbonyl (C=O) groups is 2. The monoisotopic (exact) mass is 274 g/mol. The number of hydrogen-bond acceptors (Lipinski definition) is 3. The summed E-state index contributed by atoms with van der Waals surface area (Å²) in [6.45, 7) is 8.93. The molecule has 1 unspecified atom stereocenters. The number of nitrogens with zero attached hydrogens (tertiary/aromatic N) is 2. The maximum absolute atomic E-state index is 12.4. The van der Waals surface area contributed by atoms with E-state index in [4.69, 9.17) is 9.84 Å². The first kappa shape index (κ1) is 17.7. The molecule has 0 spiro atoms. The smallest absolute Gasteiger partial charge is 0.320 e. The minimum absolute atomic E-state index is 0.0458. The van der Waals surface area contributed by atoms with Crippen LogP contribution in [-0.4, -0.2) is 65.8 Å². The third-order valence-corrected chi connectivity index (χ3v) is 2.99. The van der Waals surface area contributed by atoms with Crippen molar-refractivity contribution in [3.8, 4) is 0 Å². The molecule has 6 nitrogen and oxygen atoms in total. The van der Waals surface area contributed by atoms with Crippen molar-refractivity contribution in [3.05, 3.63) is 0 Å². The van der Waals surface area contributed by atoms with E-state index in [0.29, 0.717) is 19.7 Å². The van der Waals surface area contributed by atoms with Crippen molar-refractivity contribution in [2.75, 3.05) is 26.8 Å². The van der Waals surface area contributed by atoms with Gasteiger partial charge in [0, 0.05) is 32.3 Å². The Morgan fingerprint density at radius 2 is 1.79 bits per heavy atom. The molecule has 6 heteroatoms. The highest BCUT2D eigenvalue weighted by atomic mass is 16.5. The number of hydrogen-bond donors (Lipinski definition) is 1. The van der Waals surface area contributed by atoms with Crippen LogP contribution in [0.15, 0.2) is 0 Å². The molecule has 0 aliphatic heterocycles. The van der Waals surface area contributed by atoms with Crippen LogP contribution in [-0.2, 0) is 9.53 Å². The van der Waals surface area contributed by atoms with Crippen molar-refractivity contribution in [2.24, 2.45) is 0 Å². The van der Waals surface area contributed by atoms with Gasteiger partial charge in [0.2, 0.25) is 0 Å². The molecule has 0 rings (SSSR count).